The number of pyridine rings is 1. The predicted molar refractivity (Wildman–Crippen MR) is 126 cm³/mol. The van der Waals surface area contributed by atoms with Crippen LogP contribution in [0.15, 0.2) is 42.5 Å². The molecule has 2 amide bonds. The summed E-state index contributed by atoms with van der Waals surface area (Å²) in [4.78, 5) is 34.4. The number of rotatable bonds is 5. The van der Waals surface area contributed by atoms with Crippen molar-refractivity contribution in [1.29, 1.82) is 0 Å². The van der Waals surface area contributed by atoms with E-state index in [2.05, 4.69) is 16.0 Å². The number of carbonyl (C=O) groups is 2. The normalized spacial score (nSPS) is 20.5. The van der Waals surface area contributed by atoms with Crippen LogP contribution in [0.4, 0.5) is 4.39 Å². The van der Waals surface area contributed by atoms with Gasteiger partial charge in [-0.15, -0.1) is 0 Å². The van der Waals surface area contributed by atoms with Gasteiger partial charge in [0.25, 0.3) is 0 Å². The van der Waals surface area contributed by atoms with Gasteiger partial charge in [0.1, 0.15) is 5.82 Å². The van der Waals surface area contributed by atoms with Crippen molar-refractivity contribution in [2.75, 3.05) is 26.2 Å². The number of nitrogens with zero attached hydrogens (tertiary/aromatic N) is 3. The summed E-state index contributed by atoms with van der Waals surface area (Å²) in [5, 5.41) is 0. The van der Waals surface area contributed by atoms with Crippen molar-refractivity contribution in [3.8, 4) is 0 Å². The van der Waals surface area contributed by atoms with Crippen LogP contribution >= 0.6 is 0 Å². The summed E-state index contributed by atoms with van der Waals surface area (Å²) < 4.78 is 13.5. The Bertz CT molecular complexity index is 983. The van der Waals surface area contributed by atoms with Gasteiger partial charge in [-0.3, -0.25) is 14.6 Å². The molecule has 2 aliphatic heterocycles. The third kappa shape index (κ3) is 5.60. The van der Waals surface area contributed by atoms with Crippen LogP contribution in [0, 0.1) is 24.1 Å². The Morgan fingerprint density at radius 3 is 2.45 bits per heavy atom. The van der Waals surface area contributed by atoms with E-state index < -0.39 is 5.41 Å². The van der Waals surface area contributed by atoms with E-state index in [0.717, 1.165) is 49.3 Å². The maximum absolute atomic E-state index is 14.0. The first-order valence-corrected chi connectivity index (χ1v) is 12.1. The molecule has 1 aromatic carbocycles. The average Bonchev–Trinajstić information content (AvgIpc) is 2.80. The number of hydrogen-bond acceptors (Lipinski definition) is 3. The number of amides is 2. The van der Waals surface area contributed by atoms with Gasteiger partial charge in [-0.1, -0.05) is 18.2 Å². The lowest BCUT2D eigenvalue weighted by Crippen LogP contribution is -2.54. The van der Waals surface area contributed by atoms with Crippen LogP contribution in [0.25, 0.3) is 0 Å². The fraction of sp³-hybridized carbons (Fsp3) is 0.519. The Morgan fingerprint density at radius 2 is 1.79 bits per heavy atom. The predicted octanol–water partition coefficient (Wildman–Crippen LogP) is 4.18. The van der Waals surface area contributed by atoms with Crippen molar-refractivity contribution < 1.29 is 14.0 Å². The van der Waals surface area contributed by atoms with Gasteiger partial charge in [0, 0.05) is 44.5 Å². The van der Waals surface area contributed by atoms with Crippen molar-refractivity contribution in [3.05, 3.63) is 65.2 Å². The zero-order chi connectivity index (χ0) is 23.4. The molecule has 0 N–H and O–H groups in total. The van der Waals surface area contributed by atoms with Crippen LogP contribution < -0.4 is 0 Å². The van der Waals surface area contributed by atoms with Crippen molar-refractivity contribution in [2.45, 2.75) is 52.4 Å². The van der Waals surface area contributed by atoms with E-state index in [1.807, 2.05) is 24.0 Å². The monoisotopic (exact) mass is 451 g/mol. The minimum atomic E-state index is -0.548. The Morgan fingerprint density at radius 1 is 1.06 bits per heavy atom. The molecule has 33 heavy (non-hydrogen) atoms. The molecular weight excluding hydrogens is 417 g/mol. The first kappa shape index (κ1) is 23.4. The molecule has 2 aliphatic rings. The lowest BCUT2D eigenvalue weighted by molar-refractivity contribution is -0.149. The Hall–Kier alpha value is -2.76. The smallest absolute Gasteiger partial charge is 0.229 e. The number of aromatic nitrogens is 1. The molecule has 1 atom stereocenters. The Balaban J connectivity index is 1.51. The third-order valence-corrected chi connectivity index (χ3v) is 7.33. The molecular formula is C27H34FN3O2. The molecule has 5 nitrogen and oxygen atoms in total. The lowest BCUT2D eigenvalue weighted by atomic mass is 9.72. The number of benzene rings is 1. The minimum Gasteiger partial charge on any atom is -0.343 e. The zero-order valence-corrected chi connectivity index (χ0v) is 19.7. The maximum Gasteiger partial charge on any atom is 0.229 e. The SMILES string of the molecule is CC(=O)N1CCC(Cc2ccc(F)cc2)(C(=O)N2CCC[C@@H](Cc3cccc(C)n3)C2)CC1. The summed E-state index contributed by atoms with van der Waals surface area (Å²) in [5.74, 6) is 0.379. The van der Waals surface area contributed by atoms with E-state index >= 15 is 0 Å². The molecule has 0 radical (unpaired) electrons. The molecule has 3 heterocycles. The van der Waals surface area contributed by atoms with Crippen molar-refractivity contribution in [1.82, 2.24) is 14.8 Å². The van der Waals surface area contributed by atoms with Crippen LogP contribution in [-0.4, -0.2) is 52.8 Å². The second-order valence-electron chi connectivity index (χ2n) is 9.82. The van der Waals surface area contributed by atoms with Gasteiger partial charge in [0.15, 0.2) is 0 Å². The summed E-state index contributed by atoms with van der Waals surface area (Å²) in [5.41, 5.74) is 2.53. The lowest BCUT2D eigenvalue weighted by Gasteiger charge is -2.45. The average molecular weight is 452 g/mol. The van der Waals surface area contributed by atoms with Crippen LogP contribution in [0.2, 0.25) is 0 Å². The summed E-state index contributed by atoms with van der Waals surface area (Å²) >= 11 is 0. The summed E-state index contributed by atoms with van der Waals surface area (Å²) in [6.45, 7) is 6.30. The number of carbonyl (C=O) groups excluding carboxylic acids is 2. The molecule has 0 unspecified atom stereocenters. The van der Waals surface area contributed by atoms with Gasteiger partial charge < -0.3 is 9.80 Å². The van der Waals surface area contributed by atoms with Gasteiger partial charge in [0.2, 0.25) is 11.8 Å². The van der Waals surface area contributed by atoms with Gasteiger partial charge >= 0.3 is 0 Å². The number of hydrogen-bond donors (Lipinski definition) is 0. The van der Waals surface area contributed by atoms with Crippen LogP contribution in [0.5, 0.6) is 0 Å². The molecule has 4 rings (SSSR count). The summed E-state index contributed by atoms with van der Waals surface area (Å²) in [6, 6.07) is 12.6. The fourth-order valence-corrected chi connectivity index (χ4v) is 5.47. The molecule has 2 fully saturated rings. The zero-order valence-electron chi connectivity index (χ0n) is 19.7. The molecule has 0 aliphatic carbocycles. The van der Waals surface area contributed by atoms with Crippen LogP contribution in [-0.2, 0) is 22.4 Å². The molecule has 0 spiro atoms. The van der Waals surface area contributed by atoms with Crippen LogP contribution in [0.3, 0.4) is 0 Å². The van der Waals surface area contributed by atoms with E-state index in [1.54, 1.807) is 19.1 Å². The maximum atomic E-state index is 14.0. The van der Waals surface area contributed by atoms with Gasteiger partial charge in [-0.05, 0) is 81.2 Å². The minimum absolute atomic E-state index is 0.0570. The fourth-order valence-electron chi connectivity index (χ4n) is 5.47. The van der Waals surface area contributed by atoms with E-state index in [0.29, 0.717) is 38.3 Å². The summed E-state index contributed by atoms with van der Waals surface area (Å²) in [6.07, 6.45) is 4.84. The highest BCUT2D eigenvalue weighted by atomic mass is 19.1. The standard InChI is InChI=1S/C27H34FN3O2/c1-20-5-3-7-25(29-20)17-23-6-4-14-31(19-23)26(33)27(12-15-30(16-13-27)21(2)32)18-22-8-10-24(28)11-9-22/h3,5,7-11,23H,4,6,12-19H2,1-2H3/t23-/m0/s1. The van der Waals surface area contributed by atoms with Crippen molar-refractivity contribution in [3.63, 3.8) is 0 Å². The Kier molecular flexibility index (Phi) is 7.11. The number of halogens is 1. The molecule has 0 bridgehead atoms. The largest absolute Gasteiger partial charge is 0.343 e. The molecule has 6 heteroatoms. The van der Waals surface area contributed by atoms with Gasteiger partial charge in [0.05, 0.1) is 5.41 Å². The topological polar surface area (TPSA) is 53.5 Å². The van der Waals surface area contributed by atoms with E-state index in [4.69, 9.17) is 0 Å². The highest BCUT2D eigenvalue weighted by molar-refractivity contribution is 5.84. The highest BCUT2D eigenvalue weighted by Crippen LogP contribution is 2.38. The summed E-state index contributed by atoms with van der Waals surface area (Å²) in [7, 11) is 0. The van der Waals surface area contributed by atoms with Gasteiger partial charge in [-0.25, -0.2) is 4.39 Å². The van der Waals surface area contributed by atoms with E-state index in [-0.39, 0.29) is 17.6 Å². The number of piperidine rings is 2. The van der Waals surface area contributed by atoms with Gasteiger partial charge in [-0.2, -0.15) is 0 Å². The second kappa shape index (κ2) is 10.0. The first-order valence-electron chi connectivity index (χ1n) is 12.1. The number of likely N-dealkylation sites (tertiary alicyclic amines) is 2. The second-order valence-corrected chi connectivity index (χ2v) is 9.82. The molecule has 2 saturated heterocycles. The van der Waals surface area contributed by atoms with E-state index in [1.165, 1.54) is 12.1 Å². The Labute approximate surface area is 196 Å². The first-order chi connectivity index (χ1) is 15.8. The molecule has 176 valence electrons. The third-order valence-electron chi connectivity index (χ3n) is 7.33. The molecule has 1 aromatic heterocycles. The molecule has 0 saturated carbocycles. The number of aryl methyl sites for hydroxylation is 1. The van der Waals surface area contributed by atoms with Crippen LogP contribution in [0.1, 0.15) is 49.6 Å². The quantitative estimate of drug-likeness (QED) is 0.685. The highest BCUT2D eigenvalue weighted by Gasteiger charge is 2.44. The molecule has 2 aromatic rings. The van der Waals surface area contributed by atoms with Crippen molar-refractivity contribution in [2.24, 2.45) is 11.3 Å². The van der Waals surface area contributed by atoms with Crippen molar-refractivity contribution >= 4 is 11.8 Å². The van der Waals surface area contributed by atoms with E-state index in [9.17, 15) is 14.0 Å².